The van der Waals surface area contributed by atoms with Crippen LogP contribution in [0.25, 0.3) is 22.3 Å². The summed E-state index contributed by atoms with van der Waals surface area (Å²) in [7, 11) is 0. The topological polar surface area (TPSA) is 107 Å². The quantitative estimate of drug-likeness (QED) is 0.713. The lowest BCUT2D eigenvalue weighted by Gasteiger charge is -2.25. The molecular weight excluding hydrogens is 350 g/mol. The van der Waals surface area contributed by atoms with Crippen molar-refractivity contribution in [3.63, 3.8) is 0 Å². The Labute approximate surface area is 154 Å². The normalized spacial score (nSPS) is 15.7. The molecule has 2 aromatic heterocycles. The average molecular weight is 367 g/mol. The lowest BCUT2D eigenvalue weighted by molar-refractivity contribution is 0.0699. The van der Waals surface area contributed by atoms with Gasteiger partial charge in [-0.25, -0.2) is 14.8 Å². The van der Waals surface area contributed by atoms with Gasteiger partial charge in [-0.15, -0.1) is 0 Å². The molecule has 8 nitrogen and oxygen atoms in total. The number of carboxylic acids is 1. The lowest BCUT2D eigenvalue weighted by atomic mass is 9.86. The van der Waals surface area contributed by atoms with Crippen LogP contribution in [-0.2, 0) is 0 Å². The van der Waals surface area contributed by atoms with Crippen LogP contribution in [0.4, 0.5) is 0 Å². The molecule has 0 amide bonds. The number of benzene rings is 1. The molecule has 1 fully saturated rings. The van der Waals surface area contributed by atoms with E-state index < -0.39 is 5.97 Å². The summed E-state index contributed by atoms with van der Waals surface area (Å²) in [5.74, 6) is 1.31. The van der Waals surface area contributed by atoms with Gasteiger partial charge in [-0.05, 0) is 30.9 Å². The molecule has 27 heavy (non-hydrogen) atoms. The van der Waals surface area contributed by atoms with E-state index in [1.54, 1.807) is 0 Å². The molecule has 2 aliphatic rings. The van der Waals surface area contributed by atoms with Crippen molar-refractivity contribution in [2.45, 2.75) is 19.3 Å². The van der Waals surface area contributed by atoms with E-state index >= 15 is 0 Å². The monoisotopic (exact) mass is 367 g/mol. The van der Waals surface area contributed by atoms with Crippen molar-refractivity contribution in [3.8, 4) is 28.5 Å². The number of rotatable bonds is 5. The second kappa shape index (κ2) is 6.15. The van der Waals surface area contributed by atoms with Gasteiger partial charge in [-0.2, -0.15) is 0 Å². The van der Waals surface area contributed by atoms with E-state index in [0.717, 1.165) is 0 Å². The molecule has 138 valence electrons. The molecule has 0 unspecified atom stereocenters. The maximum Gasteiger partial charge on any atom is 0.339 e. The summed E-state index contributed by atoms with van der Waals surface area (Å²) in [5, 5.41) is 9.37. The minimum Gasteiger partial charge on any atom is -0.492 e. The van der Waals surface area contributed by atoms with Gasteiger partial charge in [-0.3, -0.25) is 0 Å². The number of fused-ring (bicyclic) bond motifs is 2. The Morgan fingerprint density at radius 1 is 1.30 bits per heavy atom. The molecule has 3 heterocycles. The van der Waals surface area contributed by atoms with Gasteiger partial charge in [0, 0.05) is 6.20 Å². The van der Waals surface area contributed by atoms with Crippen molar-refractivity contribution in [2.75, 3.05) is 13.4 Å². The third-order valence-electron chi connectivity index (χ3n) is 5.13. The first-order chi connectivity index (χ1) is 13.2. The zero-order valence-corrected chi connectivity index (χ0v) is 14.4. The van der Waals surface area contributed by atoms with Crippen LogP contribution in [0.5, 0.6) is 17.2 Å². The van der Waals surface area contributed by atoms with Crippen LogP contribution in [-0.4, -0.2) is 39.4 Å². The molecule has 1 aliphatic heterocycles. The molecule has 3 aromatic rings. The van der Waals surface area contributed by atoms with Crippen LogP contribution in [0, 0.1) is 5.92 Å². The average Bonchev–Trinajstić information content (AvgIpc) is 3.26. The molecule has 5 rings (SSSR count). The van der Waals surface area contributed by atoms with E-state index in [0.29, 0.717) is 52.1 Å². The van der Waals surface area contributed by atoms with Crippen molar-refractivity contribution >= 4 is 17.0 Å². The Kier molecular flexibility index (Phi) is 3.63. The van der Waals surface area contributed by atoms with Crippen molar-refractivity contribution in [2.24, 2.45) is 5.92 Å². The highest BCUT2D eigenvalue weighted by Gasteiger charge is 2.28. The summed E-state index contributed by atoms with van der Waals surface area (Å²) in [4.78, 5) is 23.0. The number of aromatic carboxylic acids is 1. The van der Waals surface area contributed by atoms with Gasteiger partial charge < -0.3 is 24.3 Å². The van der Waals surface area contributed by atoms with Crippen molar-refractivity contribution in [1.29, 1.82) is 0 Å². The molecule has 2 N–H and O–H groups in total. The molecule has 0 atom stereocenters. The van der Waals surface area contributed by atoms with Crippen molar-refractivity contribution < 1.29 is 24.1 Å². The summed E-state index contributed by atoms with van der Waals surface area (Å²) in [6.07, 6.45) is 6.37. The molecule has 0 saturated heterocycles. The first kappa shape index (κ1) is 15.9. The second-order valence-electron chi connectivity index (χ2n) is 6.73. The number of aromatic amines is 1. The van der Waals surface area contributed by atoms with Crippen molar-refractivity contribution in [3.05, 3.63) is 30.2 Å². The van der Waals surface area contributed by atoms with Gasteiger partial charge in [0.15, 0.2) is 11.5 Å². The number of hydrogen-bond donors (Lipinski definition) is 2. The van der Waals surface area contributed by atoms with Crippen molar-refractivity contribution in [1.82, 2.24) is 15.0 Å². The predicted octanol–water partition coefficient (Wildman–Crippen LogP) is 3.23. The molecule has 8 heteroatoms. The number of aromatic nitrogens is 3. The standard InChI is InChI=1S/C19H17N3O5/c23-19(24)11-6-20-17-15(11)21-8-22-16(17)14-12(25-7-10-2-1-3-10)4-5-13-18(14)27-9-26-13/h4-6,8,10,20H,1-3,7,9H2,(H,23,24). The number of nitrogens with zero attached hydrogens (tertiary/aromatic N) is 2. The van der Waals surface area contributed by atoms with Crippen LogP contribution < -0.4 is 14.2 Å². The smallest absolute Gasteiger partial charge is 0.339 e. The maximum atomic E-state index is 11.4. The minimum absolute atomic E-state index is 0.0929. The van der Waals surface area contributed by atoms with E-state index in [1.165, 1.54) is 31.8 Å². The third kappa shape index (κ3) is 2.56. The highest BCUT2D eigenvalue weighted by molar-refractivity contribution is 6.05. The summed E-state index contributed by atoms with van der Waals surface area (Å²) in [5.41, 5.74) is 2.13. The SMILES string of the molecule is O=C(O)c1c[nH]c2c(-c3c(OCC4CCC4)ccc4c3OCO4)ncnc12. The Morgan fingerprint density at radius 2 is 2.19 bits per heavy atom. The number of H-pyrrole nitrogens is 1. The number of carbonyl (C=O) groups is 1. The predicted molar refractivity (Wildman–Crippen MR) is 95.2 cm³/mol. The summed E-state index contributed by atoms with van der Waals surface area (Å²) >= 11 is 0. The van der Waals surface area contributed by atoms with E-state index in [9.17, 15) is 9.90 Å². The van der Waals surface area contributed by atoms with Gasteiger partial charge in [0.1, 0.15) is 28.9 Å². The molecule has 1 aromatic carbocycles. The molecule has 0 spiro atoms. The summed E-state index contributed by atoms with van der Waals surface area (Å²) < 4.78 is 17.3. The fourth-order valence-corrected chi connectivity index (χ4v) is 3.46. The number of carboxylic acid groups (broad SMARTS) is 1. The van der Waals surface area contributed by atoms with Gasteiger partial charge in [0.05, 0.1) is 17.7 Å². The first-order valence-electron chi connectivity index (χ1n) is 8.83. The van der Waals surface area contributed by atoms with Crippen LogP contribution in [0.1, 0.15) is 29.6 Å². The molecule has 0 radical (unpaired) electrons. The molecule has 0 bridgehead atoms. The maximum absolute atomic E-state index is 11.4. The van der Waals surface area contributed by atoms with Gasteiger partial charge >= 0.3 is 5.97 Å². The molecule has 1 aliphatic carbocycles. The van der Waals surface area contributed by atoms with Gasteiger partial charge in [0.2, 0.25) is 6.79 Å². The van der Waals surface area contributed by atoms with E-state index in [1.807, 2.05) is 12.1 Å². The minimum atomic E-state index is -1.05. The van der Waals surface area contributed by atoms with Crippen LogP contribution in [0.3, 0.4) is 0 Å². The zero-order valence-electron chi connectivity index (χ0n) is 14.4. The van der Waals surface area contributed by atoms with Gasteiger partial charge in [0.25, 0.3) is 0 Å². The number of nitrogens with one attached hydrogen (secondary N) is 1. The Morgan fingerprint density at radius 3 is 2.96 bits per heavy atom. The highest BCUT2D eigenvalue weighted by Crippen LogP contribution is 2.48. The third-order valence-corrected chi connectivity index (χ3v) is 5.13. The fourth-order valence-electron chi connectivity index (χ4n) is 3.46. The van der Waals surface area contributed by atoms with Crippen LogP contribution in [0.15, 0.2) is 24.7 Å². The zero-order chi connectivity index (χ0) is 18.4. The number of hydrogen-bond acceptors (Lipinski definition) is 6. The lowest BCUT2D eigenvalue weighted by Crippen LogP contribution is -2.19. The van der Waals surface area contributed by atoms with Crippen LogP contribution in [0.2, 0.25) is 0 Å². The van der Waals surface area contributed by atoms with E-state index in [2.05, 4.69) is 15.0 Å². The number of ether oxygens (including phenoxy) is 3. The first-order valence-corrected chi connectivity index (χ1v) is 8.83. The van der Waals surface area contributed by atoms with E-state index in [-0.39, 0.29) is 12.4 Å². The highest BCUT2D eigenvalue weighted by atomic mass is 16.7. The Balaban J connectivity index is 1.66. The Hall–Kier alpha value is -3.29. The Bertz CT molecular complexity index is 1040. The summed E-state index contributed by atoms with van der Waals surface area (Å²) in [6, 6.07) is 3.66. The second-order valence-corrected chi connectivity index (χ2v) is 6.73. The van der Waals surface area contributed by atoms with Crippen LogP contribution >= 0.6 is 0 Å². The molecule has 1 saturated carbocycles. The molecular formula is C19H17N3O5. The largest absolute Gasteiger partial charge is 0.492 e. The van der Waals surface area contributed by atoms with E-state index in [4.69, 9.17) is 14.2 Å². The summed E-state index contributed by atoms with van der Waals surface area (Å²) in [6.45, 7) is 0.750. The fraction of sp³-hybridized carbons (Fsp3) is 0.316. The van der Waals surface area contributed by atoms with Gasteiger partial charge in [-0.1, -0.05) is 6.42 Å².